The van der Waals surface area contributed by atoms with E-state index < -0.39 is 4.92 Å². The molecule has 0 saturated carbocycles. The van der Waals surface area contributed by atoms with Gasteiger partial charge in [-0.25, -0.2) is 4.68 Å². The fourth-order valence-corrected chi connectivity index (χ4v) is 2.36. The molecule has 0 aliphatic rings. The normalized spacial score (nSPS) is 10.4. The monoisotopic (exact) mass is 386 g/mol. The van der Waals surface area contributed by atoms with E-state index in [2.05, 4.69) is 26.3 Å². The van der Waals surface area contributed by atoms with Gasteiger partial charge in [-0.3, -0.25) is 14.9 Å². The number of anilines is 1. The van der Waals surface area contributed by atoms with Crippen molar-refractivity contribution in [3.05, 3.63) is 81.1 Å². The third-order valence-corrected chi connectivity index (χ3v) is 3.69. The maximum atomic E-state index is 12.2. The fraction of sp³-hybridized carbons (Fsp3) is 0. The summed E-state index contributed by atoms with van der Waals surface area (Å²) < 4.78 is 2.55. The quantitative estimate of drug-likeness (QED) is 0.545. The lowest BCUT2D eigenvalue weighted by Crippen LogP contribution is -2.11. The molecule has 24 heavy (non-hydrogen) atoms. The summed E-state index contributed by atoms with van der Waals surface area (Å²) in [5.74, 6) is -0.294. The van der Waals surface area contributed by atoms with Crippen LogP contribution < -0.4 is 5.32 Å². The number of nitrogens with one attached hydrogen (secondary N) is 1. The van der Waals surface area contributed by atoms with Crippen molar-refractivity contribution in [1.29, 1.82) is 0 Å². The molecule has 0 saturated heterocycles. The van der Waals surface area contributed by atoms with Crippen LogP contribution in [0.2, 0.25) is 0 Å². The molecule has 1 amide bonds. The van der Waals surface area contributed by atoms with E-state index in [0.717, 1.165) is 10.2 Å². The van der Waals surface area contributed by atoms with Crippen molar-refractivity contribution < 1.29 is 9.72 Å². The molecule has 0 aliphatic carbocycles. The Kier molecular flexibility index (Phi) is 4.39. The van der Waals surface area contributed by atoms with Crippen LogP contribution in [-0.4, -0.2) is 20.6 Å². The molecule has 0 unspecified atom stereocenters. The Balaban J connectivity index is 1.72. The molecule has 1 aromatic heterocycles. The molecule has 1 heterocycles. The van der Waals surface area contributed by atoms with Crippen molar-refractivity contribution in [3.8, 4) is 5.69 Å². The molecule has 0 atom stereocenters. The lowest BCUT2D eigenvalue weighted by molar-refractivity contribution is -0.384. The number of carbonyl (C=O) groups is 1. The molecule has 8 heteroatoms. The SMILES string of the molecule is O=C(Nc1ccc([N+](=O)[O-])cc1)c1ccc(-n2cc(Br)cn2)cc1. The van der Waals surface area contributed by atoms with Gasteiger partial charge in [0.2, 0.25) is 0 Å². The molecule has 3 aromatic rings. The molecule has 0 aliphatic heterocycles. The van der Waals surface area contributed by atoms with Gasteiger partial charge in [-0.1, -0.05) is 0 Å². The second-order valence-corrected chi connectivity index (χ2v) is 5.82. The van der Waals surface area contributed by atoms with E-state index in [1.165, 1.54) is 24.3 Å². The minimum Gasteiger partial charge on any atom is -0.322 e. The minimum absolute atomic E-state index is 0.0252. The van der Waals surface area contributed by atoms with Gasteiger partial charge in [0.05, 0.1) is 21.3 Å². The van der Waals surface area contributed by atoms with E-state index in [1.54, 1.807) is 35.1 Å². The smallest absolute Gasteiger partial charge is 0.269 e. The zero-order chi connectivity index (χ0) is 17.1. The zero-order valence-corrected chi connectivity index (χ0v) is 13.8. The number of amides is 1. The van der Waals surface area contributed by atoms with Gasteiger partial charge in [-0.05, 0) is 52.3 Å². The predicted octanol–water partition coefficient (Wildman–Crippen LogP) is 3.80. The number of halogens is 1. The summed E-state index contributed by atoms with van der Waals surface area (Å²) in [6.07, 6.45) is 3.49. The van der Waals surface area contributed by atoms with Crippen LogP contribution in [0, 0.1) is 10.1 Å². The third kappa shape index (κ3) is 3.49. The molecular weight excluding hydrogens is 376 g/mol. The summed E-state index contributed by atoms with van der Waals surface area (Å²) in [5, 5.41) is 17.5. The van der Waals surface area contributed by atoms with Crippen molar-refractivity contribution in [3.63, 3.8) is 0 Å². The van der Waals surface area contributed by atoms with Crippen molar-refractivity contribution >= 4 is 33.2 Å². The molecule has 1 N–H and O–H groups in total. The average molecular weight is 387 g/mol. The Hall–Kier alpha value is -3.00. The van der Waals surface area contributed by atoms with Crippen molar-refractivity contribution in [2.24, 2.45) is 0 Å². The molecular formula is C16H11BrN4O3. The van der Waals surface area contributed by atoms with Gasteiger partial charge < -0.3 is 5.32 Å². The van der Waals surface area contributed by atoms with Crippen LogP contribution in [0.15, 0.2) is 65.4 Å². The summed E-state index contributed by atoms with van der Waals surface area (Å²) in [4.78, 5) is 22.3. The number of nitro groups is 1. The number of carbonyl (C=O) groups excluding carboxylic acids is 1. The maximum absolute atomic E-state index is 12.2. The van der Waals surface area contributed by atoms with Gasteiger partial charge in [0, 0.05) is 29.6 Å². The first-order valence-electron chi connectivity index (χ1n) is 6.89. The van der Waals surface area contributed by atoms with Crippen molar-refractivity contribution in [2.45, 2.75) is 0 Å². The minimum atomic E-state index is -0.488. The van der Waals surface area contributed by atoms with Crippen LogP contribution in [0.5, 0.6) is 0 Å². The number of nitro benzene ring substituents is 1. The van der Waals surface area contributed by atoms with Gasteiger partial charge in [0.15, 0.2) is 0 Å². The Labute approximate surface area is 145 Å². The van der Waals surface area contributed by atoms with E-state index in [9.17, 15) is 14.9 Å². The molecule has 0 fully saturated rings. The number of hydrogen-bond acceptors (Lipinski definition) is 4. The first-order chi connectivity index (χ1) is 11.5. The maximum Gasteiger partial charge on any atom is 0.269 e. The summed E-state index contributed by atoms with van der Waals surface area (Å²) in [5.41, 5.74) is 1.77. The first kappa shape index (κ1) is 15.9. The Morgan fingerprint density at radius 2 is 1.79 bits per heavy atom. The van der Waals surface area contributed by atoms with E-state index in [-0.39, 0.29) is 11.6 Å². The van der Waals surface area contributed by atoms with Crippen molar-refractivity contribution in [1.82, 2.24) is 9.78 Å². The van der Waals surface area contributed by atoms with Gasteiger partial charge in [-0.15, -0.1) is 0 Å². The molecule has 7 nitrogen and oxygen atoms in total. The highest BCUT2D eigenvalue weighted by Crippen LogP contribution is 2.17. The second-order valence-electron chi connectivity index (χ2n) is 4.91. The average Bonchev–Trinajstić information content (AvgIpc) is 3.02. The van der Waals surface area contributed by atoms with Crippen LogP contribution >= 0.6 is 15.9 Å². The van der Waals surface area contributed by atoms with Crippen LogP contribution in [0.1, 0.15) is 10.4 Å². The summed E-state index contributed by atoms with van der Waals surface area (Å²) in [6.45, 7) is 0. The predicted molar refractivity (Wildman–Crippen MR) is 92.3 cm³/mol. The van der Waals surface area contributed by atoms with Gasteiger partial charge in [0.1, 0.15) is 0 Å². The number of nitrogens with zero attached hydrogens (tertiary/aromatic N) is 3. The fourth-order valence-electron chi connectivity index (χ4n) is 2.08. The summed E-state index contributed by atoms with van der Waals surface area (Å²) in [6, 6.07) is 12.6. The molecule has 0 radical (unpaired) electrons. The van der Waals surface area contributed by atoms with Crippen LogP contribution in [0.4, 0.5) is 11.4 Å². The highest BCUT2D eigenvalue weighted by molar-refractivity contribution is 9.10. The molecule has 3 rings (SSSR count). The Morgan fingerprint density at radius 1 is 1.12 bits per heavy atom. The summed E-state index contributed by atoms with van der Waals surface area (Å²) in [7, 11) is 0. The van der Waals surface area contributed by atoms with E-state index >= 15 is 0 Å². The zero-order valence-electron chi connectivity index (χ0n) is 12.2. The third-order valence-electron chi connectivity index (χ3n) is 3.28. The van der Waals surface area contributed by atoms with Crippen LogP contribution in [-0.2, 0) is 0 Å². The largest absolute Gasteiger partial charge is 0.322 e. The standard InChI is InChI=1S/C16H11BrN4O3/c17-12-9-18-20(10-12)14-5-1-11(2-6-14)16(22)19-13-3-7-15(8-4-13)21(23)24/h1-10H,(H,19,22). The number of hydrogen-bond donors (Lipinski definition) is 1. The van der Waals surface area contributed by atoms with Crippen LogP contribution in [0.3, 0.4) is 0 Å². The highest BCUT2D eigenvalue weighted by atomic mass is 79.9. The lowest BCUT2D eigenvalue weighted by Gasteiger charge is -2.06. The van der Waals surface area contributed by atoms with E-state index in [4.69, 9.17) is 0 Å². The molecule has 120 valence electrons. The summed E-state index contributed by atoms with van der Waals surface area (Å²) >= 11 is 3.33. The van der Waals surface area contributed by atoms with E-state index in [1.807, 2.05) is 6.20 Å². The molecule has 0 bridgehead atoms. The van der Waals surface area contributed by atoms with Gasteiger partial charge in [-0.2, -0.15) is 5.10 Å². The van der Waals surface area contributed by atoms with Gasteiger partial charge in [0.25, 0.3) is 11.6 Å². The van der Waals surface area contributed by atoms with Crippen molar-refractivity contribution in [2.75, 3.05) is 5.32 Å². The number of rotatable bonds is 4. The highest BCUT2D eigenvalue weighted by Gasteiger charge is 2.09. The molecule has 2 aromatic carbocycles. The first-order valence-corrected chi connectivity index (χ1v) is 7.68. The van der Waals surface area contributed by atoms with E-state index in [0.29, 0.717) is 11.3 Å². The second kappa shape index (κ2) is 6.63. The number of aromatic nitrogens is 2. The molecule has 0 spiro atoms. The number of benzene rings is 2. The van der Waals surface area contributed by atoms with Crippen LogP contribution in [0.25, 0.3) is 5.69 Å². The Bertz CT molecular complexity index is 888. The Morgan fingerprint density at radius 3 is 2.33 bits per heavy atom. The van der Waals surface area contributed by atoms with Gasteiger partial charge >= 0.3 is 0 Å². The topological polar surface area (TPSA) is 90.1 Å². The number of non-ortho nitro benzene ring substituents is 1. The lowest BCUT2D eigenvalue weighted by atomic mass is 10.2.